The molecule has 4 unspecified atom stereocenters. The van der Waals surface area contributed by atoms with Crippen LogP contribution in [0.5, 0.6) is 0 Å². The van der Waals surface area contributed by atoms with Gasteiger partial charge in [-0.3, -0.25) is 19.2 Å². The van der Waals surface area contributed by atoms with Gasteiger partial charge in [0.25, 0.3) is 0 Å². The molecular formula is C17H28N4O7S2. The zero-order valence-corrected chi connectivity index (χ0v) is 18.3. The highest BCUT2D eigenvalue weighted by molar-refractivity contribution is 7.98. The maximum absolute atomic E-state index is 12.8. The molecule has 0 saturated carbocycles. The lowest BCUT2D eigenvalue weighted by molar-refractivity contribution is -0.150. The van der Waals surface area contributed by atoms with Gasteiger partial charge in [0, 0.05) is 12.3 Å². The third-order valence-corrected chi connectivity index (χ3v) is 5.63. The van der Waals surface area contributed by atoms with Gasteiger partial charge in [0.2, 0.25) is 17.7 Å². The van der Waals surface area contributed by atoms with Gasteiger partial charge in [0.05, 0.1) is 12.5 Å². The van der Waals surface area contributed by atoms with Crippen LogP contribution in [0.25, 0.3) is 0 Å². The molecule has 1 rings (SSSR count). The van der Waals surface area contributed by atoms with Gasteiger partial charge in [-0.2, -0.15) is 24.4 Å². The Balaban J connectivity index is 2.97. The number of hydrogen-bond donors (Lipinski definition) is 6. The summed E-state index contributed by atoms with van der Waals surface area (Å²) in [6.07, 6.45) is 2.04. The Labute approximate surface area is 183 Å². The molecule has 0 spiro atoms. The van der Waals surface area contributed by atoms with Gasteiger partial charge in [0.15, 0.2) is 0 Å². The number of hydrogen-bond acceptors (Lipinski definition) is 8. The van der Waals surface area contributed by atoms with Gasteiger partial charge in [-0.1, -0.05) is 0 Å². The molecule has 0 aromatic carbocycles. The first-order valence-corrected chi connectivity index (χ1v) is 11.4. The van der Waals surface area contributed by atoms with Crippen LogP contribution in [0, 0.1) is 0 Å². The molecule has 170 valence electrons. The number of nitrogens with two attached hydrogens (primary N) is 1. The molecule has 0 aliphatic carbocycles. The van der Waals surface area contributed by atoms with Gasteiger partial charge in [-0.05, 0) is 31.3 Å². The predicted molar refractivity (Wildman–Crippen MR) is 113 cm³/mol. The number of carboxylic acid groups (broad SMARTS) is 2. The average molecular weight is 465 g/mol. The lowest BCUT2D eigenvalue weighted by atomic mass is 10.1. The fourth-order valence-electron chi connectivity index (χ4n) is 3.00. The van der Waals surface area contributed by atoms with Crippen molar-refractivity contribution in [3.63, 3.8) is 0 Å². The minimum Gasteiger partial charge on any atom is -0.481 e. The molecule has 0 radical (unpaired) electrons. The molecule has 13 heteroatoms. The molecule has 6 N–H and O–H groups in total. The number of thioether (sulfide) groups is 1. The van der Waals surface area contributed by atoms with Crippen LogP contribution < -0.4 is 16.4 Å². The molecular weight excluding hydrogens is 436 g/mol. The van der Waals surface area contributed by atoms with Crippen LogP contribution in [0.3, 0.4) is 0 Å². The Morgan fingerprint density at radius 2 is 1.80 bits per heavy atom. The molecule has 1 fully saturated rings. The van der Waals surface area contributed by atoms with Gasteiger partial charge >= 0.3 is 11.9 Å². The van der Waals surface area contributed by atoms with E-state index in [1.54, 1.807) is 0 Å². The smallest absolute Gasteiger partial charge is 0.326 e. The van der Waals surface area contributed by atoms with E-state index in [2.05, 4.69) is 23.3 Å². The van der Waals surface area contributed by atoms with E-state index in [0.717, 1.165) is 4.90 Å². The van der Waals surface area contributed by atoms with Gasteiger partial charge in [-0.15, -0.1) is 0 Å². The summed E-state index contributed by atoms with van der Waals surface area (Å²) in [6.45, 7) is 0.158. The topological polar surface area (TPSA) is 179 Å². The number of carbonyl (C=O) groups excluding carboxylic acids is 3. The first-order valence-electron chi connectivity index (χ1n) is 9.33. The van der Waals surface area contributed by atoms with Crippen molar-refractivity contribution in [2.45, 2.75) is 49.9 Å². The summed E-state index contributed by atoms with van der Waals surface area (Å²) in [7, 11) is 0. The lowest BCUT2D eigenvalue weighted by Gasteiger charge is -2.28. The first-order chi connectivity index (χ1) is 14.1. The molecule has 4 atom stereocenters. The molecule has 11 nitrogen and oxygen atoms in total. The van der Waals surface area contributed by atoms with Crippen LogP contribution in [0.15, 0.2) is 0 Å². The van der Waals surface area contributed by atoms with Gasteiger partial charge < -0.3 is 31.5 Å². The molecule has 0 aromatic heterocycles. The third-order valence-electron chi connectivity index (χ3n) is 4.59. The minimum atomic E-state index is -1.46. The fourth-order valence-corrected chi connectivity index (χ4v) is 3.64. The van der Waals surface area contributed by atoms with Gasteiger partial charge in [0.1, 0.15) is 18.1 Å². The summed E-state index contributed by atoms with van der Waals surface area (Å²) < 4.78 is 0. The van der Waals surface area contributed by atoms with Crippen molar-refractivity contribution in [1.82, 2.24) is 15.5 Å². The molecule has 0 aromatic rings. The number of nitrogens with one attached hydrogen (secondary N) is 2. The zero-order valence-electron chi connectivity index (χ0n) is 16.6. The van der Waals surface area contributed by atoms with E-state index in [-0.39, 0.29) is 25.1 Å². The van der Waals surface area contributed by atoms with E-state index in [4.69, 9.17) is 10.8 Å². The predicted octanol–water partition coefficient (Wildman–Crippen LogP) is -1.48. The van der Waals surface area contributed by atoms with E-state index in [0.29, 0.717) is 12.2 Å². The van der Waals surface area contributed by atoms with Crippen molar-refractivity contribution in [3.05, 3.63) is 0 Å². The minimum absolute atomic E-state index is 0.0639. The second-order valence-electron chi connectivity index (χ2n) is 6.82. The maximum Gasteiger partial charge on any atom is 0.326 e. The number of carbonyl (C=O) groups is 5. The standard InChI is InChI=1S/C17H28N4O7S2/c1-30-6-4-10(19-14(24)9(18)8-29)15(25)20-11(7-13(22)23)16(26)21-5-2-3-12(21)17(27)28/h9-12,29H,2-8,18H2,1H3,(H,19,24)(H,20,25)(H,22,23)(H,27,28). The Hall–Kier alpha value is -1.99. The number of rotatable bonds is 12. The molecule has 1 aliphatic rings. The highest BCUT2D eigenvalue weighted by atomic mass is 32.2. The molecule has 1 heterocycles. The van der Waals surface area contributed by atoms with Crippen molar-refractivity contribution in [3.8, 4) is 0 Å². The number of carboxylic acids is 2. The SMILES string of the molecule is CSCCC(NC(=O)C(N)CS)C(=O)NC(CC(=O)O)C(=O)N1CCCC1C(=O)O. The maximum atomic E-state index is 12.8. The second-order valence-corrected chi connectivity index (χ2v) is 8.17. The zero-order chi connectivity index (χ0) is 22.8. The monoisotopic (exact) mass is 464 g/mol. The number of amides is 3. The van der Waals surface area contributed by atoms with Gasteiger partial charge in [-0.25, -0.2) is 4.79 Å². The van der Waals surface area contributed by atoms with Crippen molar-refractivity contribution in [2.24, 2.45) is 5.73 Å². The molecule has 0 bridgehead atoms. The van der Waals surface area contributed by atoms with Crippen molar-refractivity contribution in [2.75, 3.05) is 24.3 Å². The summed E-state index contributed by atoms with van der Waals surface area (Å²) in [6, 6.07) is -4.49. The Morgan fingerprint density at radius 1 is 1.17 bits per heavy atom. The van der Waals surface area contributed by atoms with Crippen molar-refractivity contribution >= 4 is 54.1 Å². The van der Waals surface area contributed by atoms with E-state index < -0.39 is 60.2 Å². The quantitative estimate of drug-likeness (QED) is 0.188. The number of aliphatic carboxylic acids is 2. The Kier molecular flexibility index (Phi) is 11.0. The van der Waals surface area contributed by atoms with E-state index in [1.165, 1.54) is 11.8 Å². The Bertz CT molecular complexity index is 664. The fraction of sp³-hybridized carbons (Fsp3) is 0.706. The van der Waals surface area contributed by atoms with Crippen LogP contribution in [-0.4, -0.2) is 93.2 Å². The van der Waals surface area contributed by atoms with Crippen LogP contribution in [0.2, 0.25) is 0 Å². The summed E-state index contributed by atoms with van der Waals surface area (Å²) in [5.74, 6) is -4.06. The highest BCUT2D eigenvalue weighted by Gasteiger charge is 2.39. The number of nitrogens with zero attached hydrogens (tertiary/aromatic N) is 1. The van der Waals surface area contributed by atoms with Crippen molar-refractivity contribution in [1.29, 1.82) is 0 Å². The number of likely N-dealkylation sites (tertiary alicyclic amines) is 1. The van der Waals surface area contributed by atoms with Crippen LogP contribution in [-0.2, 0) is 24.0 Å². The average Bonchev–Trinajstić information content (AvgIpc) is 3.18. The third kappa shape index (κ3) is 7.69. The van der Waals surface area contributed by atoms with Crippen LogP contribution >= 0.6 is 24.4 Å². The van der Waals surface area contributed by atoms with E-state index in [9.17, 15) is 29.1 Å². The summed E-state index contributed by atoms with van der Waals surface area (Å²) in [5.41, 5.74) is 5.62. The lowest BCUT2D eigenvalue weighted by Crippen LogP contribution is -2.57. The van der Waals surface area contributed by atoms with E-state index >= 15 is 0 Å². The first kappa shape index (κ1) is 26.0. The summed E-state index contributed by atoms with van der Waals surface area (Å²) in [4.78, 5) is 61.3. The largest absolute Gasteiger partial charge is 0.481 e. The summed E-state index contributed by atoms with van der Waals surface area (Å²) >= 11 is 5.38. The van der Waals surface area contributed by atoms with Crippen LogP contribution in [0.1, 0.15) is 25.7 Å². The summed E-state index contributed by atoms with van der Waals surface area (Å²) in [5, 5.41) is 23.3. The van der Waals surface area contributed by atoms with E-state index in [1.807, 2.05) is 6.26 Å². The molecule has 30 heavy (non-hydrogen) atoms. The molecule has 1 saturated heterocycles. The van der Waals surface area contributed by atoms with Crippen molar-refractivity contribution < 1.29 is 34.2 Å². The van der Waals surface area contributed by atoms with Crippen LogP contribution in [0.4, 0.5) is 0 Å². The normalized spacial score (nSPS) is 18.9. The highest BCUT2D eigenvalue weighted by Crippen LogP contribution is 2.19. The number of thiol groups is 1. The second kappa shape index (κ2) is 12.6. The molecule has 1 aliphatic heterocycles. The Morgan fingerprint density at radius 3 is 2.33 bits per heavy atom. The molecule has 3 amide bonds.